The van der Waals surface area contributed by atoms with Crippen LogP contribution in [0.25, 0.3) is 0 Å². The largest absolute Gasteiger partial charge is 0.506 e. The number of phenols is 1. The maximum Gasteiger partial charge on any atom is 0.134 e. The summed E-state index contributed by atoms with van der Waals surface area (Å²) in [5, 5.41) is 13.2. The van der Waals surface area contributed by atoms with Crippen molar-refractivity contribution in [3.05, 3.63) is 28.2 Å². The van der Waals surface area contributed by atoms with Gasteiger partial charge in [-0.05, 0) is 40.4 Å². The minimum atomic E-state index is 0.340. The van der Waals surface area contributed by atoms with Crippen molar-refractivity contribution < 1.29 is 5.11 Å². The second-order valence-corrected chi connectivity index (χ2v) is 5.45. The number of aromatic hydroxyl groups is 1. The molecule has 1 aromatic carbocycles. The van der Waals surface area contributed by atoms with Gasteiger partial charge in [0.15, 0.2) is 0 Å². The van der Waals surface area contributed by atoms with Crippen molar-refractivity contribution in [2.45, 2.75) is 27.3 Å². The molecular weight excluding hydrogens is 266 g/mol. The van der Waals surface area contributed by atoms with Crippen LogP contribution in [-0.4, -0.2) is 11.7 Å². The van der Waals surface area contributed by atoms with Crippen molar-refractivity contribution in [3.8, 4) is 5.75 Å². The summed E-state index contributed by atoms with van der Waals surface area (Å²) in [7, 11) is 0. The quantitative estimate of drug-likeness (QED) is 0.867. The standard InChI is InChI=1S/C13H20BrNO/c1-9(2)10(3)7-15-8-11-5-4-6-12(14)13(11)16/h4-6,9-10,15-16H,7-8H2,1-3H3. The van der Waals surface area contributed by atoms with Gasteiger partial charge in [0.25, 0.3) is 0 Å². The number of benzene rings is 1. The van der Waals surface area contributed by atoms with E-state index in [1.165, 1.54) is 0 Å². The Morgan fingerprint density at radius 1 is 1.31 bits per heavy atom. The zero-order chi connectivity index (χ0) is 12.1. The molecule has 0 radical (unpaired) electrons. The molecule has 0 spiro atoms. The van der Waals surface area contributed by atoms with Gasteiger partial charge in [0.05, 0.1) is 4.47 Å². The van der Waals surface area contributed by atoms with E-state index in [0.29, 0.717) is 24.1 Å². The molecule has 0 aliphatic carbocycles. The minimum Gasteiger partial charge on any atom is -0.506 e. The van der Waals surface area contributed by atoms with Crippen molar-refractivity contribution >= 4 is 15.9 Å². The third-order valence-electron chi connectivity index (χ3n) is 2.99. The summed E-state index contributed by atoms with van der Waals surface area (Å²) in [5.41, 5.74) is 0.935. The average Bonchev–Trinajstić information content (AvgIpc) is 2.24. The predicted molar refractivity (Wildman–Crippen MR) is 71.5 cm³/mol. The van der Waals surface area contributed by atoms with Crippen LogP contribution in [0.1, 0.15) is 26.3 Å². The molecule has 3 heteroatoms. The second kappa shape index (κ2) is 6.26. The van der Waals surface area contributed by atoms with E-state index in [-0.39, 0.29) is 0 Å². The molecule has 0 amide bonds. The highest BCUT2D eigenvalue weighted by Gasteiger charge is 2.08. The van der Waals surface area contributed by atoms with Gasteiger partial charge in [-0.1, -0.05) is 32.9 Å². The molecule has 1 unspecified atom stereocenters. The van der Waals surface area contributed by atoms with E-state index < -0.39 is 0 Å². The third-order valence-corrected chi connectivity index (χ3v) is 3.63. The first-order chi connectivity index (χ1) is 7.52. The van der Waals surface area contributed by atoms with Crippen molar-refractivity contribution in [2.75, 3.05) is 6.54 Å². The van der Waals surface area contributed by atoms with Crippen LogP contribution in [0.4, 0.5) is 0 Å². The first kappa shape index (κ1) is 13.5. The van der Waals surface area contributed by atoms with Crippen LogP contribution in [0.3, 0.4) is 0 Å². The average molecular weight is 286 g/mol. The van der Waals surface area contributed by atoms with E-state index in [9.17, 15) is 5.11 Å². The number of para-hydroxylation sites is 1. The van der Waals surface area contributed by atoms with Gasteiger partial charge in [-0.2, -0.15) is 0 Å². The lowest BCUT2D eigenvalue weighted by Crippen LogP contribution is -2.23. The highest BCUT2D eigenvalue weighted by molar-refractivity contribution is 9.10. The lowest BCUT2D eigenvalue weighted by molar-refractivity contribution is 0.389. The molecule has 0 heterocycles. The van der Waals surface area contributed by atoms with Gasteiger partial charge in [-0.15, -0.1) is 0 Å². The normalized spacial score (nSPS) is 13.1. The van der Waals surface area contributed by atoms with Crippen molar-refractivity contribution in [1.29, 1.82) is 0 Å². The molecule has 0 aromatic heterocycles. The number of hydrogen-bond donors (Lipinski definition) is 2. The molecule has 0 saturated carbocycles. The van der Waals surface area contributed by atoms with Crippen molar-refractivity contribution in [3.63, 3.8) is 0 Å². The predicted octanol–water partition coefficient (Wildman–Crippen LogP) is 3.54. The van der Waals surface area contributed by atoms with Gasteiger partial charge in [-0.25, -0.2) is 0 Å². The first-order valence-electron chi connectivity index (χ1n) is 5.69. The van der Waals surface area contributed by atoms with E-state index >= 15 is 0 Å². The summed E-state index contributed by atoms with van der Waals surface area (Å²) in [5.74, 6) is 1.67. The Morgan fingerprint density at radius 2 is 2.00 bits per heavy atom. The summed E-state index contributed by atoms with van der Waals surface area (Å²) in [6.45, 7) is 8.37. The van der Waals surface area contributed by atoms with Crippen molar-refractivity contribution in [1.82, 2.24) is 5.32 Å². The molecule has 90 valence electrons. The fraction of sp³-hybridized carbons (Fsp3) is 0.538. The van der Waals surface area contributed by atoms with E-state index in [1.54, 1.807) is 0 Å². The number of rotatable bonds is 5. The summed E-state index contributed by atoms with van der Waals surface area (Å²) < 4.78 is 0.753. The molecule has 1 aromatic rings. The van der Waals surface area contributed by atoms with E-state index in [2.05, 4.69) is 42.0 Å². The molecule has 16 heavy (non-hydrogen) atoms. The van der Waals surface area contributed by atoms with E-state index in [4.69, 9.17) is 0 Å². The molecule has 1 rings (SSSR count). The van der Waals surface area contributed by atoms with Crippen LogP contribution < -0.4 is 5.32 Å². The Labute approximate surface area is 106 Å². The molecule has 2 nitrogen and oxygen atoms in total. The van der Waals surface area contributed by atoms with E-state index in [0.717, 1.165) is 16.6 Å². The molecular formula is C13H20BrNO. The lowest BCUT2D eigenvalue weighted by atomic mass is 9.98. The van der Waals surface area contributed by atoms with Crippen LogP contribution in [-0.2, 0) is 6.54 Å². The topological polar surface area (TPSA) is 32.3 Å². The summed E-state index contributed by atoms with van der Waals surface area (Å²) in [4.78, 5) is 0. The first-order valence-corrected chi connectivity index (χ1v) is 6.48. The van der Waals surface area contributed by atoms with Gasteiger partial charge in [-0.3, -0.25) is 0 Å². The fourth-order valence-corrected chi connectivity index (χ4v) is 1.78. The second-order valence-electron chi connectivity index (χ2n) is 4.60. The van der Waals surface area contributed by atoms with Gasteiger partial charge in [0.2, 0.25) is 0 Å². The van der Waals surface area contributed by atoms with Gasteiger partial charge < -0.3 is 10.4 Å². The molecule has 1 atom stereocenters. The maximum atomic E-state index is 9.79. The van der Waals surface area contributed by atoms with Crippen LogP contribution in [0.15, 0.2) is 22.7 Å². The van der Waals surface area contributed by atoms with Crippen molar-refractivity contribution in [2.24, 2.45) is 11.8 Å². The Bertz CT molecular complexity index is 339. The zero-order valence-corrected chi connectivity index (χ0v) is 11.7. The number of nitrogens with one attached hydrogen (secondary N) is 1. The Morgan fingerprint density at radius 3 is 2.62 bits per heavy atom. The van der Waals surface area contributed by atoms with Gasteiger partial charge >= 0.3 is 0 Å². The summed E-state index contributed by atoms with van der Waals surface area (Å²) in [6.07, 6.45) is 0. The molecule has 0 bridgehead atoms. The zero-order valence-electron chi connectivity index (χ0n) is 10.1. The van der Waals surface area contributed by atoms with Gasteiger partial charge in [0.1, 0.15) is 5.75 Å². The van der Waals surface area contributed by atoms with Crippen LogP contribution in [0, 0.1) is 11.8 Å². The highest BCUT2D eigenvalue weighted by Crippen LogP contribution is 2.27. The molecule has 0 saturated heterocycles. The monoisotopic (exact) mass is 285 g/mol. The Hall–Kier alpha value is -0.540. The fourth-order valence-electron chi connectivity index (χ4n) is 1.37. The van der Waals surface area contributed by atoms with Gasteiger partial charge in [0, 0.05) is 12.1 Å². The Kier molecular flexibility index (Phi) is 5.29. The SMILES string of the molecule is CC(C)C(C)CNCc1cccc(Br)c1O. The number of hydrogen-bond acceptors (Lipinski definition) is 2. The van der Waals surface area contributed by atoms with Crippen LogP contribution >= 0.6 is 15.9 Å². The lowest BCUT2D eigenvalue weighted by Gasteiger charge is -2.16. The summed E-state index contributed by atoms with van der Waals surface area (Å²) >= 11 is 3.31. The van der Waals surface area contributed by atoms with Crippen LogP contribution in [0.5, 0.6) is 5.75 Å². The Balaban J connectivity index is 2.46. The molecule has 2 N–H and O–H groups in total. The highest BCUT2D eigenvalue weighted by atomic mass is 79.9. The molecule has 0 fully saturated rings. The molecule has 0 aliphatic rings. The third kappa shape index (κ3) is 3.80. The molecule has 0 aliphatic heterocycles. The minimum absolute atomic E-state index is 0.340. The number of phenolic OH excluding ortho intramolecular Hbond substituents is 1. The number of halogens is 1. The van der Waals surface area contributed by atoms with E-state index in [1.807, 2.05) is 18.2 Å². The smallest absolute Gasteiger partial charge is 0.134 e. The summed E-state index contributed by atoms with van der Waals surface area (Å²) in [6, 6.07) is 5.72. The van der Waals surface area contributed by atoms with Crippen LogP contribution in [0.2, 0.25) is 0 Å². The maximum absolute atomic E-state index is 9.79.